The monoisotopic (exact) mass is 279 g/mol. The van der Waals surface area contributed by atoms with E-state index in [-0.39, 0.29) is 4.92 Å². The fourth-order valence-corrected chi connectivity index (χ4v) is 5.73. The average Bonchev–Trinajstić information content (AvgIpc) is 2.65. The lowest BCUT2D eigenvalue weighted by Gasteiger charge is -2.15. The van der Waals surface area contributed by atoms with Crippen molar-refractivity contribution in [2.24, 2.45) is 0 Å². The molecule has 0 spiro atoms. The minimum Gasteiger partial charge on any atom is -0.452 e. The van der Waals surface area contributed by atoms with Crippen LogP contribution in [0.1, 0.15) is 10.4 Å². The van der Waals surface area contributed by atoms with Gasteiger partial charge in [0.2, 0.25) is 6.04 Å². The van der Waals surface area contributed by atoms with Crippen molar-refractivity contribution >= 4 is 14.0 Å². The van der Waals surface area contributed by atoms with E-state index in [1.165, 1.54) is 0 Å². The van der Waals surface area contributed by atoms with Crippen molar-refractivity contribution in [1.82, 2.24) is 0 Å². The van der Waals surface area contributed by atoms with Gasteiger partial charge in [0.05, 0.1) is 13.6 Å². The van der Waals surface area contributed by atoms with Gasteiger partial charge in [-0.3, -0.25) is 10.1 Å². The summed E-state index contributed by atoms with van der Waals surface area (Å²) in [5.41, 5.74) is 0.441. The Bertz CT molecular complexity index is 489. The Balaban J connectivity index is 2.10. The fourth-order valence-electron chi connectivity index (χ4n) is 2.57. The van der Waals surface area contributed by atoms with Crippen molar-refractivity contribution in [1.29, 1.82) is 0 Å². The lowest BCUT2D eigenvalue weighted by Crippen LogP contribution is -2.31. The van der Waals surface area contributed by atoms with Gasteiger partial charge in [-0.2, -0.15) is 0 Å². The largest absolute Gasteiger partial charge is 0.452 e. The normalized spacial score (nSPS) is 24.9. The third kappa shape index (κ3) is 3.20. The summed E-state index contributed by atoms with van der Waals surface area (Å²) < 4.78 is 5.36. The van der Waals surface area contributed by atoms with E-state index in [2.05, 4.69) is 13.1 Å². The average molecular weight is 279 g/mol. The molecule has 1 heterocycles. The molecule has 0 saturated carbocycles. The maximum absolute atomic E-state index is 12.0. The standard InChI is InChI=1S/C13H17NO4Si/c1-19(2)8-11(14(16)17)12(9-19)18-13(15)10-6-4-3-5-7-10/h3-7,11-12H,8-9H2,1-2H3. The highest BCUT2D eigenvalue weighted by atomic mass is 28.3. The van der Waals surface area contributed by atoms with Crippen molar-refractivity contribution in [2.75, 3.05) is 0 Å². The number of esters is 1. The SMILES string of the molecule is C[Si]1(C)CC(OC(=O)c2ccccc2)C([N+](=O)[O-])C1. The van der Waals surface area contributed by atoms with Crippen LogP contribution in [-0.2, 0) is 4.74 Å². The van der Waals surface area contributed by atoms with Gasteiger partial charge in [0.1, 0.15) is 0 Å². The van der Waals surface area contributed by atoms with Gasteiger partial charge in [0, 0.05) is 11.0 Å². The molecule has 1 fully saturated rings. The molecule has 1 saturated heterocycles. The number of benzene rings is 1. The second kappa shape index (κ2) is 5.12. The van der Waals surface area contributed by atoms with Gasteiger partial charge in [-0.25, -0.2) is 4.79 Å². The maximum Gasteiger partial charge on any atom is 0.338 e. The van der Waals surface area contributed by atoms with Gasteiger partial charge < -0.3 is 4.74 Å². The van der Waals surface area contributed by atoms with Crippen LogP contribution in [0.3, 0.4) is 0 Å². The Labute approximate surface area is 112 Å². The molecule has 2 atom stereocenters. The number of hydrogen-bond acceptors (Lipinski definition) is 4. The minimum absolute atomic E-state index is 0.301. The molecule has 1 aromatic carbocycles. The van der Waals surface area contributed by atoms with Crippen LogP contribution in [0.4, 0.5) is 0 Å². The van der Waals surface area contributed by atoms with Crippen molar-refractivity contribution in [2.45, 2.75) is 37.3 Å². The molecule has 1 aliphatic rings. The second-order valence-corrected chi connectivity index (χ2v) is 10.9. The first-order valence-electron chi connectivity index (χ1n) is 6.28. The van der Waals surface area contributed by atoms with Crippen LogP contribution in [-0.4, -0.2) is 31.1 Å². The minimum atomic E-state index is -1.62. The summed E-state index contributed by atoms with van der Waals surface area (Å²) in [6.45, 7) is 4.19. The van der Waals surface area contributed by atoms with E-state index in [0.29, 0.717) is 17.7 Å². The highest BCUT2D eigenvalue weighted by Crippen LogP contribution is 2.34. The molecule has 2 rings (SSSR count). The first-order chi connectivity index (χ1) is 8.89. The molecule has 19 heavy (non-hydrogen) atoms. The van der Waals surface area contributed by atoms with Crippen molar-refractivity contribution < 1.29 is 14.5 Å². The van der Waals surface area contributed by atoms with Crippen molar-refractivity contribution in [3.63, 3.8) is 0 Å². The number of ether oxygens (including phenoxy) is 1. The summed E-state index contributed by atoms with van der Waals surface area (Å²) in [6, 6.07) is 9.10. The zero-order chi connectivity index (χ0) is 14.0. The molecule has 0 bridgehead atoms. The van der Waals surface area contributed by atoms with E-state index in [4.69, 9.17) is 4.74 Å². The predicted octanol–water partition coefficient (Wildman–Crippen LogP) is 2.58. The van der Waals surface area contributed by atoms with Crippen LogP contribution in [0.15, 0.2) is 30.3 Å². The summed E-state index contributed by atoms with van der Waals surface area (Å²) >= 11 is 0. The van der Waals surface area contributed by atoms with E-state index in [1.54, 1.807) is 24.3 Å². The first-order valence-corrected chi connectivity index (χ1v) is 9.70. The molecule has 102 valence electrons. The molecule has 2 unspecified atom stereocenters. The van der Waals surface area contributed by atoms with Gasteiger partial charge in [0.15, 0.2) is 6.10 Å². The molecular weight excluding hydrogens is 262 g/mol. The van der Waals surface area contributed by atoms with E-state index in [1.807, 2.05) is 6.07 Å². The molecule has 0 aliphatic carbocycles. The lowest BCUT2D eigenvalue weighted by atomic mass is 10.2. The summed E-state index contributed by atoms with van der Waals surface area (Å²) in [5, 5.41) is 11.1. The van der Waals surface area contributed by atoms with Crippen LogP contribution in [0.5, 0.6) is 0 Å². The number of nitrogens with zero attached hydrogens (tertiary/aromatic N) is 1. The molecule has 6 heteroatoms. The van der Waals surface area contributed by atoms with Gasteiger partial charge >= 0.3 is 5.97 Å². The van der Waals surface area contributed by atoms with Crippen LogP contribution in [0.2, 0.25) is 25.2 Å². The number of rotatable bonds is 3. The Morgan fingerprint density at radius 2 is 1.95 bits per heavy atom. The van der Waals surface area contributed by atoms with Crippen molar-refractivity contribution in [3.05, 3.63) is 46.0 Å². The van der Waals surface area contributed by atoms with Crippen LogP contribution in [0.25, 0.3) is 0 Å². The van der Waals surface area contributed by atoms with Gasteiger partial charge in [-0.05, 0) is 18.2 Å². The van der Waals surface area contributed by atoms with E-state index in [9.17, 15) is 14.9 Å². The van der Waals surface area contributed by atoms with Crippen molar-refractivity contribution in [3.8, 4) is 0 Å². The van der Waals surface area contributed by atoms with Crippen LogP contribution in [0, 0.1) is 10.1 Å². The smallest absolute Gasteiger partial charge is 0.338 e. The van der Waals surface area contributed by atoms with E-state index in [0.717, 1.165) is 0 Å². The lowest BCUT2D eigenvalue weighted by molar-refractivity contribution is -0.526. The molecule has 0 amide bonds. The summed E-state index contributed by atoms with van der Waals surface area (Å²) in [7, 11) is -1.62. The topological polar surface area (TPSA) is 69.4 Å². The predicted molar refractivity (Wildman–Crippen MR) is 73.5 cm³/mol. The molecular formula is C13H17NO4Si. The Kier molecular flexibility index (Phi) is 3.70. The number of hydrogen-bond donors (Lipinski definition) is 0. The van der Waals surface area contributed by atoms with E-state index < -0.39 is 26.2 Å². The zero-order valence-corrected chi connectivity index (χ0v) is 12.0. The van der Waals surface area contributed by atoms with Gasteiger partial charge in [0.25, 0.3) is 0 Å². The third-order valence-electron chi connectivity index (χ3n) is 3.48. The Hall–Kier alpha value is -1.69. The molecule has 5 nitrogen and oxygen atoms in total. The van der Waals surface area contributed by atoms with Gasteiger partial charge in [-0.1, -0.05) is 31.3 Å². The van der Waals surface area contributed by atoms with Crippen LogP contribution < -0.4 is 0 Å². The third-order valence-corrected chi connectivity index (χ3v) is 6.51. The molecule has 0 N–H and O–H groups in total. The highest BCUT2D eigenvalue weighted by molar-refractivity contribution is 6.78. The zero-order valence-electron chi connectivity index (χ0n) is 11.0. The molecule has 0 radical (unpaired) electrons. The number of carbonyl (C=O) groups excluding carboxylic acids is 1. The number of carbonyl (C=O) groups is 1. The van der Waals surface area contributed by atoms with E-state index >= 15 is 0 Å². The van der Waals surface area contributed by atoms with Gasteiger partial charge in [-0.15, -0.1) is 0 Å². The quantitative estimate of drug-likeness (QED) is 0.369. The summed E-state index contributed by atoms with van der Waals surface area (Å²) in [6.07, 6.45) is -0.579. The Morgan fingerprint density at radius 1 is 1.32 bits per heavy atom. The van der Waals surface area contributed by atoms with Crippen LogP contribution >= 0.6 is 0 Å². The summed E-state index contributed by atoms with van der Waals surface area (Å²) in [5.74, 6) is -0.468. The second-order valence-electron chi connectivity index (χ2n) is 5.73. The Morgan fingerprint density at radius 3 is 2.53 bits per heavy atom. The fraction of sp³-hybridized carbons (Fsp3) is 0.462. The maximum atomic E-state index is 12.0. The molecule has 0 aromatic heterocycles. The molecule has 1 aromatic rings. The highest BCUT2D eigenvalue weighted by Gasteiger charge is 2.49. The summed E-state index contributed by atoms with van der Waals surface area (Å²) in [4.78, 5) is 22.7. The molecule has 1 aliphatic heterocycles. The number of nitro groups is 1. The first kappa shape index (κ1) is 13.7.